The van der Waals surface area contributed by atoms with Crippen LogP contribution in [0, 0.1) is 0 Å². The molecule has 1 heterocycles. The highest BCUT2D eigenvalue weighted by Gasteiger charge is 2.12. The monoisotopic (exact) mass is 394 g/mol. The molecular formula is C22H22N2O5. The summed E-state index contributed by atoms with van der Waals surface area (Å²) in [6, 6.07) is 15.4. The molecule has 0 aliphatic heterocycles. The molecule has 1 N–H and O–H groups in total. The van der Waals surface area contributed by atoms with Crippen LogP contribution < -0.4 is 25.1 Å². The molecule has 3 rings (SSSR count). The van der Waals surface area contributed by atoms with E-state index in [1.807, 2.05) is 24.3 Å². The van der Waals surface area contributed by atoms with Gasteiger partial charge in [-0.1, -0.05) is 12.1 Å². The minimum atomic E-state index is -0.354. The van der Waals surface area contributed by atoms with Crippen LogP contribution >= 0.6 is 0 Å². The summed E-state index contributed by atoms with van der Waals surface area (Å²) in [4.78, 5) is 25.0. The molecule has 0 aliphatic carbocycles. The van der Waals surface area contributed by atoms with Crippen molar-refractivity contribution < 1.29 is 19.0 Å². The van der Waals surface area contributed by atoms with E-state index in [-0.39, 0.29) is 11.5 Å². The van der Waals surface area contributed by atoms with Gasteiger partial charge in [-0.2, -0.15) is 0 Å². The second-order valence-electron chi connectivity index (χ2n) is 6.26. The molecule has 1 amide bonds. The lowest BCUT2D eigenvalue weighted by atomic mass is 10.2. The largest absolute Gasteiger partial charge is 0.497 e. The number of methoxy groups -OCH3 is 3. The second kappa shape index (κ2) is 8.97. The number of ether oxygens (including phenoxy) is 3. The number of nitrogens with zero attached hydrogens (tertiary/aromatic N) is 1. The van der Waals surface area contributed by atoms with Crippen molar-refractivity contribution in [3.8, 4) is 17.2 Å². The standard InChI is InChI=1S/C22H22N2O5/c1-27-17-6-4-5-15(11-17)13-24-14-16(7-10-21(24)25)22(26)23-19-9-8-18(28-2)12-20(19)29-3/h4-12,14H,13H2,1-3H3,(H,23,26). The average molecular weight is 394 g/mol. The van der Waals surface area contributed by atoms with Crippen molar-refractivity contribution in [1.82, 2.24) is 4.57 Å². The molecule has 1 aromatic heterocycles. The third-order valence-corrected chi connectivity index (χ3v) is 4.39. The number of pyridine rings is 1. The molecule has 0 bridgehead atoms. The van der Waals surface area contributed by atoms with Crippen LogP contribution in [0.25, 0.3) is 0 Å². The minimum absolute atomic E-state index is 0.202. The number of amides is 1. The second-order valence-corrected chi connectivity index (χ2v) is 6.26. The van der Waals surface area contributed by atoms with E-state index in [1.54, 1.807) is 32.4 Å². The molecule has 0 saturated heterocycles. The smallest absolute Gasteiger partial charge is 0.257 e. The number of hydrogen-bond donors (Lipinski definition) is 1. The van der Waals surface area contributed by atoms with Crippen LogP contribution in [0.1, 0.15) is 15.9 Å². The van der Waals surface area contributed by atoms with Gasteiger partial charge in [0.25, 0.3) is 11.5 Å². The Balaban J connectivity index is 1.83. The fourth-order valence-electron chi connectivity index (χ4n) is 2.85. The number of nitrogens with one attached hydrogen (secondary N) is 1. The number of anilines is 1. The maximum atomic E-state index is 12.7. The maximum Gasteiger partial charge on any atom is 0.257 e. The summed E-state index contributed by atoms with van der Waals surface area (Å²) in [5.74, 6) is 1.44. The lowest BCUT2D eigenvalue weighted by Gasteiger charge is -2.13. The number of hydrogen-bond acceptors (Lipinski definition) is 5. The Morgan fingerprint density at radius 1 is 0.931 bits per heavy atom. The molecule has 2 aromatic carbocycles. The van der Waals surface area contributed by atoms with Crippen molar-refractivity contribution in [3.05, 3.63) is 82.3 Å². The Labute approximate surface area is 168 Å². The van der Waals surface area contributed by atoms with Crippen LogP contribution in [0.4, 0.5) is 5.69 Å². The Hall–Kier alpha value is -3.74. The summed E-state index contributed by atoms with van der Waals surface area (Å²) in [6.45, 7) is 0.322. The normalized spacial score (nSPS) is 10.3. The highest BCUT2D eigenvalue weighted by molar-refractivity contribution is 6.04. The average Bonchev–Trinajstić information content (AvgIpc) is 2.75. The summed E-state index contributed by atoms with van der Waals surface area (Å²) in [5.41, 5.74) is 1.54. The predicted octanol–water partition coefficient (Wildman–Crippen LogP) is 3.17. The molecule has 0 atom stereocenters. The number of benzene rings is 2. The Bertz CT molecular complexity index is 1070. The van der Waals surface area contributed by atoms with E-state index in [9.17, 15) is 9.59 Å². The molecular weight excluding hydrogens is 372 g/mol. The molecule has 0 saturated carbocycles. The molecule has 0 spiro atoms. The number of carbonyl (C=O) groups excluding carboxylic acids is 1. The minimum Gasteiger partial charge on any atom is -0.497 e. The van der Waals surface area contributed by atoms with E-state index < -0.39 is 0 Å². The number of carbonyl (C=O) groups is 1. The predicted molar refractivity (Wildman–Crippen MR) is 110 cm³/mol. The van der Waals surface area contributed by atoms with Crippen LogP contribution in [0.5, 0.6) is 17.2 Å². The molecule has 3 aromatic rings. The molecule has 7 heteroatoms. The summed E-state index contributed by atoms with van der Waals surface area (Å²) in [6.07, 6.45) is 1.53. The van der Waals surface area contributed by atoms with Crippen molar-refractivity contribution in [3.63, 3.8) is 0 Å². The Morgan fingerprint density at radius 2 is 1.69 bits per heavy atom. The first-order valence-corrected chi connectivity index (χ1v) is 8.91. The van der Waals surface area contributed by atoms with Crippen LogP contribution in [0.15, 0.2) is 65.6 Å². The molecule has 0 radical (unpaired) electrons. The third-order valence-electron chi connectivity index (χ3n) is 4.39. The first-order chi connectivity index (χ1) is 14.0. The van der Waals surface area contributed by atoms with Gasteiger partial charge >= 0.3 is 0 Å². The molecule has 0 unspecified atom stereocenters. The first-order valence-electron chi connectivity index (χ1n) is 8.91. The van der Waals surface area contributed by atoms with Gasteiger partial charge in [0.05, 0.1) is 39.1 Å². The van der Waals surface area contributed by atoms with E-state index >= 15 is 0 Å². The zero-order chi connectivity index (χ0) is 20.8. The van der Waals surface area contributed by atoms with E-state index in [2.05, 4.69) is 5.32 Å². The summed E-state index contributed by atoms with van der Waals surface area (Å²) >= 11 is 0. The zero-order valence-corrected chi connectivity index (χ0v) is 16.5. The van der Waals surface area contributed by atoms with Gasteiger partial charge < -0.3 is 24.1 Å². The van der Waals surface area contributed by atoms with Crippen molar-refractivity contribution >= 4 is 11.6 Å². The lowest BCUT2D eigenvalue weighted by molar-refractivity contribution is 0.102. The van der Waals surface area contributed by atoms with Gasteiger partial charge in [0.2, 0.25) is 0 Å². The van der Waals surface area contributed by atoms with Crippen molar-refractivity contribution in [1.29, 1.82) is 0 Å². The van der Waals surface area contributed by atoms with Crippen LogP contribution in [-0.4, -0.2) is 31.8 Å². The fraction of sp³-hybridized carbons (Fsp3) is 0.182. The highest BCUT2D eigenvalue weighted by Crippen LogP contribution is 2.29. The molecule has 150 valence electrons. The van der Waals surface area contributed by atoms with E-state index in [4.69, 9.17) is 14.2 Å². The van der Waals surface area contributed by atoms with Crippen LogP contribution in [0.2, 0.25) is 0 Å². The highest BCUT2D eigenvalue weighted by atomic mass is 16.5. The summed E-state index contributed by atoms with van der Waals surface area (Å²) in [7, 11) is 4.65. The third kappa shape index (κ3) is 4.76. The quantitative estimate of drug-likeness (QED) is 0.666. The van der Waals surface area contributed by atoms with Crippen LogP contribution in [0.3, 0.4) is 0 Å². The summed E-state index contributed by atoms with van der Waals surface area (Å²) in [5, 5.41) is 2.80. The molecule has 0 fully saturated rings. The SMILES string of the molecule is COc1cccc(Cn2cc(C(=O)Nc3ccc(OC)cc3OC)ccc2=O)c1. The lowest BCUT2D eigenvalue weighted by Crippen LogP contribution is -2.22. The van der Waals surface area contributed by atoms with Gasteiger partial charge in [-0.3, -0.25) is 9.59 Å². The van der Waals surface area contributed by atoms with Gasteiger partial charge in [-0.25, -0.2) is 0 Å². The van der Waals surface area contributed by atoms with Crippen LogP contribution in [-0.2, 0) is 6.54 Å². The first kappa shape index (κ1) is 20.0. The zero-order valence-electron chi connectivity index (χ0n) is 16.5. The van der Waals surface area contributed by atoms with E-state index in [0.29, 0.717) is 35.0 Å². The number of aromatic nitrogens is 1. The van der Waals surface area contributed by atoms with Crippen molar-refractivity contribution in [2.45, 2.75) is 6.54 Å². The van der Waals surface area contributed by atoms with Gasteiger partial charge in [0, 0.05) is 18.3 Å². The summed E-state index contributed by atoms with van der Waals surface area (Å²) < 4.78 is 17.2. The van der Waals surface area contributed by atoms with E-state index in [0.717, 1.165) is 5.56 Å². The van der Waals surface area contributed by atoms with E-state index in [1.165, 1.54) is 30.0 Å². The number of rotatable bonds is 7. The van der Waals surface area contributed by atoms with Gasteiger partial charge in [-0.05, 0) is 35.9 Å². The molecule has 7 nitrogen and oxygen atoms in total. The van der Waals surface area contributed by atoms with Crippen molar-refractivity contribution in [2.24, 2.45) is 0 Å². The topological polar surface area (TPSA) is 78.8 Å². The van der Waals surface area contributed by atoms with Crippen molar-refractivity contribution in [2.75, 3.05) is 26.6 Å². The molecule has 29 heavy (non-hydrogen) atoms. The Kier molecular flexibility index (Phi) is 6.19. The molecule has 0 aliphatic rings. The fourth-order valence-corrected chi connectivity index (χ4v) is 2.85. The van der Waals surface area contributed by atoms with Gasteiger partial charge in [0.15, 0.2) is 0 Å². The van der Waals surface area contributed by atoms with Gasteiger partial charge in [0.1, 0.15) is 17.2 Å². The van der Waals surface area contributed by atoms with Gasteiger partial charge in [-0.15, -0.1) is 0 Å². The maximum absolute atomic E-state index is 12.7. The Morgan fingerprint density at radius 3 is 2.41 bits per heavy atom.